The topological polar surface area (TPSA) is 58.5 Å². The molecule has 24 heavy (non-hydrogen) atoms. The fourth-order valence-corrected chi connectivity index (χ4v) is 4.75. The number of hydrogen-bond donors (Lipinski definition) is 1. The van der Waals surface area contributed by atoms with Gasteiger partial charge in [-0.2, -0.15) is 0 Å². The van der Waals surface area contributed by atoms with Crippen molar-refractivity contribution in [1.29, 1.82) is 0 Å². The molecule has 2 aromatic rings. The number of ether oxygens (including phenoxy) is 1. The standard InChI is InChI=1S/C18H23N3O2S/c22-16-8-10-23-12-14(16)15-7-4-9-21(15)18-20-19-17(24-18)11-13-5-2-1-3-6-13/h1-3,5-6,14-16,22H,4,7-12H2/t14-,15-,16-/m1/s1. The SMILES string of the molecule is O[C@@H]1CCOC[C@@H]1[C@H]1CCCN1c1nnc(Cc2ccccc2)s1. The molecule has 6 heteroatoms. The Morgan fingerprint density at radius 1 is 1.21 bits per heavy atom. The van der Waals surface area contributed by atoms with Crippen LogP contribution in [0.3, 0.4) is 0 Å². The summed E-state index contributed by atoms with van der Waals surface area (Å²) in [6.45, 7) is 2.32. The molecule has 5 nitrogen and oxygen atoms in total. The second-order valence-corrected chi connectivity index (χ2v) is 7.68. The van der Waals surface area contributed by atoms with Gasteiger partial charge in [0.05, 0.1) is 12.7 Å². The Bertz CT molecular complexity index is 663. The van der Waals surface area contributed by atoms with Gasteiger partial charge in [-0.05, 0) is 24.8 Å². The summed E-state index contributed by atoms with van der Waals surface area (Å²) in [6.07, 6.45) is 3.54. The Kier molecular flexibility index (Phi) is 4.78. The van der Waals surface area contributed by atoms with E-state index in [1.54, 1.807) is 11.3 Å². The van der Waals surface area contributed by atoms with E-state index in [2.05, 4.69) is 39.4 Å². The van der Waals surface area contributed by atoms with E-state index in [0.29, 0.717) is 19.3 Å². The summed E-state index contributed by atoms with van der Waals surface area (Å²) in [5.74, 6) is 0.183. The highest BCUT2D eigenvalue weighted by atomic mass is 32.1. The van der Waals surface area contributed by atoms with E-state index in [9.17, 15) is 5.11 Å². The van der Waals surface area contributed by atoms with Gasteiger partial charge in [0, 0.05) is 31.5 Å². The molecule has 0 radical (unpaired) electrons. The van der Waals surface area contributed by atoms with Gasteiger partial charge in [-0.25, -0.2) is 0 Å². The van der Waals surface area contributed by atoms with Gasteiger partial charge in [-0.3, -0.25) is 0 Å². The van der Waals surface area contributed by atoms with Crippen molar-refractivity contribution in [2.45, 2.75) is 37.8 Å². The first kappa shape index (κ1) is 16.0. The molecular formula is C18H23N3O2S. The van der Waals surface area contributed by atoms with Crippen molar-refractivity contribution in [3.63, 3.8) is 0 Å². The molecule has 1 N–H and O–H groups in total. The van der Waals surface area contributed by atoms with Crippen LogP contribution in [-0.4, -0.2) is 47.2 Å². The molecule has 0 saturated carbocycles. The third-order valence-corrected chi connectivity index (χ3v) is 6.02. The van der Waals surface area contributed by atoms with E-state index in [4.69, 9.17) is 4.74 Å². The summed E-state index contributed by atoms with van der Waals surface area (Å²) >= 11 is 1.68. The molecule has 3 heterocycles. The van der Waals surface area contributed by atoms with Crippen LogP contribution in [0.2, 0.25) is 0 Å². The zero-order valence-corrected chi connectivity index (χ0v) is 14.5. The molecule has 4 rings (SSSR count). The lowest BCUT2D eigenvalue weighted by atomic mass is 9.89. The van der Waals surface area contributed by atoms with Crippen molar-refractivity contribution < 1.29 is 9.84 Å². The molecule has 0 bridgehead atoms. The summed E-state index contributed by atoms with van der Waals surface area (Å²) < 4.78 is 5.61. The van der Waals surface area contributed by atoms with E-state index < -0.39 is 0 Å². The van der Waals surface area contributed by atoms with Crippen molar-refractivity contribution in [1.82, 2.24) is 10.2 Å². The van der Waals surface area contributed by atoms with Crippen LogP contribution < -0.4 is 4.90 Å². The van der Waals surface area contributed by atoms with Gasteiger partial charge in [0.25, 0.3) is 0 Å². The Labute approximate surface area is 146 Å². The number of aliphatic hydroxyl groups is 1. The van der Waals surface area contributed by atoms with Gasteiger partial charge < -0.3 is 14.7 Å². The minimum atomic E-state index is -0.263. The molecule has 0 amide bonds. The average Bonchev–Trinajstić information content (AvgIpc) is 3.25. The monoisotopic (exact) mass is 345 g/mol. The summed E-state index contributed by atoms with van der Waals surface area (Å²) in [5.41, 5.74) is 1.26. The van der Waals surface area contributed by atoms with Gasteiger partial charge in [-0.15, -0.1) is 10.2 Å². The predicted molar refractivity (Wildman–Crippen MR) is 94.5 cm³/mol. The first-order valence-electron chi connectivity index (χ1n) is 8.70. The summed E-state index contributed by atoms with van der Waals surface area (Å²) in [7, 11) is 0. The van der Waals surface area contributed by atoms with Gasteiger partial charge in [0.15, 0.2) is 0 Å². The van der Waals surface area contributed by atoms with E-state index in [0.717, 1.165) is 42.4 Å². The smallest absolute Gasteiger partial charge is 0.208 e. The van der Waals surface area contributed by atoms with Crippen LogP contribution >= 0.6 is 11.3 Å². The Balaban J connectivity index is 1.48. The third-order valence-electron chi connectivity index (χ3n) is 5.06. The number of nitrogens with zero attached hydrogens (tertiary/aromatic N) is 3. The normalized spacial score (nSPS) is 27.5. The van der Waals surface area contributed by atoms with E-state index >= 15 is 0 Å². The molecule has 0 spiro atoms. The molecule has 0 aliphatic carbocycles. The van der Waals surface area contributed by atoms with Crippen LogP contribution in [0.1, 0.15) is 29.8 Å². The van der Waals surface area contributed by atoms with E-state index in [-0.39, 0.29) is 12.0 Å². The predicted octanol–water partition coefficient (Wildman–Crippen LogP) is 2.50. The second-order valence-electron chi connectivity index (χ2n) is 6.64. The highest BCUT2D eigenvalue weighted by molar-refractivity contribution is 7.15. The zero-order chi connectivity index (χ0) is 16.4. The molecule has 0 unspecified atom stereocenters. The zero-order valence-electron chi connectivity index (χ0n) is 13.7. The van der Waals surface area contributed by atoms with Crippen molar-refractivity contribution >= 4 is 16.5 Å². The number of benzene rings is 1. The van der Waals surface area contributed by atoms with Crippen LogP contribution in [0.4, 0.5) is 5.13 Å². The number of hydrogen-bond acceptors (Lipinski definition) is 6. The van der Waals surface area contributed by atoms with Crippen LogP contribution in [0.5, 0.6) is 0 Å². The van der Waals surface area contributed by atoms with E-state index in [1.165, 1.54) is 5.56 Å². The first-order valence-corrected chi connectivity index (χ1v) is 9.51. The first-order chi connectivity index (χ1) is 11.8. The summed E-state index contributed by atoms with van der Waals surface area (Å²) in [5, 5.41) is 21.2. The van der Waals surface area contributed by atoms with Crippen LogP contribution in [0.15, 0.2) is 30.3 Å². The second kappa shape index (κ2) is 7.17. The molecule has 2 saturated heterocycles. The molecule has 2 aliphatic heterocycles. The fourth-order valence-electron chi connectivity index (χ4n) is 3.79. The number of aliphatic hydroxyl groups excluding tert-OH is 1. The molecule has 1 aromatic heterocycles. The minimum Gasteiger partial charge on any atom is -0.393 e. The van der Waals surface area contributed by atoms with Gasteiger partial charge >= 0.3 is 0 Å². The number of anilines is 1. The van der Waals surface area contributed by atoms with Crippen LogP contribution in [-0.2, 0) is 11.2 Å². The lowest BCUT2D eigenvalue weighted by Gasteiger charge is -2.36. The highest BCUT2D eigenvalue weighted by Crippen LogP contribution is 2.35. The molecule has 1 aromatic carbocycles. The maximum Gasteiger partial charge on any atom is 0.208 e. The highest BCUT2D eigenvalue weighted by Gasteiger charge is 2.38. The molecule has 2 aliphatic rings. The molecule has 3 atom stereocenters. The van der Waals surface area contributed by atoms with Gasteiger partial charge in [0.1, 0.15) is 5.01 Å². The van der Waals surface area contributed by atoms with Crippen molar-refractivity contribution in [2.75, 3.05) is 24.7 Å². The maximum absolute atomic E-state index is 10.4. The van der Waals surface area contributed by atoms with Crippen molar-refractivity contribution in [3.05, 3.63) is 40.9 Å². The summed E-state index contributed by atoms with van der Waals surface area (Å²) in [4.78, 5) is 2.34. The average molecular weight is 345 g/mol. The van der Waals surface area contributed by atoms with Crippen LogP contribution in [0, 0.1) is 5.92 Å². The lowest BCUT2D eigenvalue weighted by molar-refractivity contribution is -0.0437. The van der Waals surface area contributed by atoms with Gasteiger partial charge in [0.2, 0.25) is 5.13 Å². The maximum atomic E-state index is 10.4. The van der Waals surface area contributed by atoms with Crippen molar-refractivity contribution in [2.24, 2.45) is 5.92 Å². The third kappa shape index (κ3) is 3.31. The Morgan fingerprint density at radius 3 is 2.92 bits per heavy atom. The van der Waals surface area contributed by atoms with E-state index in [1.807, 2.05) is 6.07 Å². The van der Waals surface area contributed by atoms with Crippen molar-refractivity contribution in [3.8, 4) is 0 Å². The molecule has 128 valence electrons. The fraction of sp³-hybridized carbons (Fsp3) is 0.556. The van der Waals surface area contributed by atoms with Crippen LogP contribution in [0.25, 0.3) is 0 Å². The quantitative estimate of drug-likeness (QED) is 0.923. The molecular weight excluding hydrogens is 322 g/mol. The summed E-state index contributed by atoms with van der Waals surface area (Å²) in [6, 6.07) is 10.7. The Hall–Kier alpha value is -1.50. The minimum absolute atomic E-state index is 0.183. The number of aromatic nitrogens is 2. The Morgan fingerprint density at radius 2 is 2.08 bits per heavy atom. The lowest BCUT2D eigenvalue weighted by Crippen LogP contribution is -2.46. The molecule has 2 fully saturated rings. The largest absolute Gasteiger partial charge is 0.393 e. The van der Waals surface area contributed by atoms with Gasteiger partial charge in [-0.1, -0.05) is 41.7 Å². The number of rotatable bonds is 4.